The standard InChI is InChI=1S/C8H6ClNO3/c9-8(11)6-3-1-2-4-7(5-6)10(12)13/h1-3,5H,4H2. The molecule has 0 saturated carbocycles. The van der Waals surface area contributed by atoms with Crippen molar-refractivity contribution in [3.8, 4) is 0 Å². The fourth-order valence-electron chi connectivity index (χ4n) is 0.897. The molecule has 0 aromatic carbocycles. The summed E-state index contributed by atoms with van der Waals surface area (Å²) in [5.41, 5.74) is 0.108. The van der Waals surface area contributed by atoms with Gasteiger partial charge in [0.25, 0.3) is 10.9 Å². The largest absolute Gasteiger partial charge is 0.276 e. The first-order valence-electron chi connectivity index (χ1n) is 3.53. The van der Waals surface area contributed by atoms with E-state index in [1.54, 1.807) is 12.2 Å². The molecule has 0 N–H and O–H groups in total. The minimum Gasteiger partial charge on any atom is -0.276 e. The zero-order valence-electron chi connectivity index (χ0n) is 6.57. The van der Waals surface area contributed by atoms with Gasteiger partial charge in [0.05, 0.1) is 11.3 Å². The molecule has 13 heavy (non-hydrogen) atoms. The van der Waals surface area contributed by atoms with Crippen LogP contribution in [0.2, 0.25) is 0 Å². The summed E-state index contributed by atoms with van der Waals surface area (Å²) in [6.45, 7) is 0. The maximum Gasteiger partial charge on any atom is 0.252 e. The molecule has 0 spiro atoms. The molecule has 0 heterocycles. The molecule has 0 radical (unpaired) electrons. The van der Waals surface area contributed by atoms with Crippen LogP contribution in [0.4, 0.5) is 0 Å². The molecule has 0 unspecified atom stereocenters. The number of hydrogen-bond acceptors (Lipinski definition) is 3. The summed E-state index contributed by atoms with van der Waals surface area (Å²) < 4.78 is 0. The Balaban J connectivity index is 3.03. The molecule has 0 saturated heterocycles. The van der Waals surface area contributed by atoms with Crippen molar-refractivity contribution in [2.45, 2.75) is 6.42 Å². The van der Waals surface area contributed by atoms with Crippen LogP contribution in [0, 0.1) is 10.1 Å². The lowest BCUT2D eigenvalue weighted by atomic mass is 10.2. The van der Waals surface area contributed by atoms with Crippen LogP contribution in [0.15, 0.2) is 35.6 Å². The molecule has 0 aromatic rings. The number of carbonyl (C=O) groups excluding carboxylic acids is 1. The van der Waals surface area contributed by atoms with Gasteiger partial charge in [0.15, 0.2) is 0 Å². The zero-order chi connectivity index (χ0) is 9.84. The number of allylic oxidation sites excluding steroid dienone is 5. The van der Waals surface area contributed by atoms with Crippen LogP contribution in [0.1, 0.15) is 6.42 Å². The van der Waals surface area contributed by atoms with Gasteiger partial charge >= 0.3 is 0 Å². The highest BCUT2D eigenvalue weighted by Crippen LogP contribution is 2.14. The molecule has 1 aliphatic rings. The Morgan fingerprint density at radius 3 is 2.85 bits per heavy atom. The topological polar surface area (TPSA) is 60.2 Å². The SMILES string of the molecule is O=C(Cl)C1=CC=CCC([N+](=O)[O-])=C1. The van der Waals surface area contributed by atoms with E-state index in [0.29, 0.717) is 0 Å². The van der Waals surface area contributed by atoms with E-state index >= 15 is 0 Å². The molecule has 68 valence electrons. The van der Waals surface area contributed by atoms with E-state index in [1.807, 2.05) is 0 Å². The highest BCUT2D eigenvalue weighted by molar-refractivity contribution is 6.68. The molecule has 4 nitrogen and oxygen atoms in total. The van der Waals surface area contributed by atoms with Crippen molar-refractivity contribution in [3.63, 3.8) is 0 Å². The van der Waals surface area contributed by atoms with Gasteiger partial charge in [-0.15, -0.1) is 0 Å². The first-order valence-corrected chi connectivity index (χ1v) is 3.90. The number of halogens is 1. The summed E-state index contributed by atoms with van der Waals surface area (Å²) in [5.74, 6) is 0. The van der Waals surface area contributed by atoms with Crippen LogP contribution < -0.4 is 0 Å². The van der Waals surface area contributed by atoms with Gasteiger partial charge in [-0.05, 0) is 11.6 Å². The minimum atomic E-state index is -0.689. The molecule has 0 aromatic heterocycles. The lowest BCUT2D eigenvalue weighted by Gasteiger charge is -1.92. The molecule has 0 aliphatic heterocycles. The van der Waals surface area contributed by atoms with E-state index < -0.39 is 10.2 Å². The van der Waals surface area contributed by atoms with Gasteiger partial charge < -0.3 is 0 Å². The van der Waals surface area contributed by atoms with E-state index in [1.165, 1.54) is 12.2 Å². The summed E-state index contributed by atoms with van der Waals surface area (Å²) in [5, 5.41) is 9.71. The second kappa shape index (κ2) is 4.00. The van der Waals surface area contributed by atoms with Gasteiger partial charge in [-0.1, -0.05) is 18.2 Å². The second-order valence-electron chi connectivity index (χ2n) is 2.42. The monoisotopic (exact) mass is 199 g/mol. The quantitative estimate of drug-likeness (QED) is 0.387. The van der Waals surface area contributed by atoms with Gasteiger partial charge in [0, 0.05) is 11.6 Å². The minimum absolute atomic E-state index is 0.0333. The first-order chi connectivity index (χ1) is 6.11. The Labute approximate surface area is 79.3 Å². The molecular weight excluding hydrogens is 194 g/mol. The molecule has 0 amide bonds. The van der Waals surface area contributed by atoms with Crippen LogP contribution in [-0.4, -0.2) is 10.2 Å². The van der Waals surface area contributed by atoms with Gasteiger partial charge in [0.1, 0.15) is 0 Å². The van der Waals surface area contributed by atoms with E-state index in [4.69, 9.17) is 11.6 Å². The summed E-state index contributed by atoms with van der Waals surface area (Å²) in [6, 6.07) is 0. The summed E-state index contributed by atoms with van der Waals surface area (Å²) in [7, 11) is 0. The predicted molar refractivity (Wildman–Crippen MR) is 47.8 cm³/mol. The lowest BCUT2D eigenvalue weighted by Crippen LogP contribution is -1.99. The van der Waals surface area contributed by atoms with Crippen molar-refractivity contribution >= 4 is 16.8 Å². The van der Waals surface area contributed by atoms with Gasteiger partial charge in [0.2, 0.25) is 0 Å². The van der Waals surface area contributed by atoms with Crippen LogP contribution in [0.3, 0.4) is 0 Å². The number of nitrogens with zero attached hydrogens (tertiary/aromatic N) is 1. The maximum atomic E-state index is 10.7. The Morgan fingerprint density at radius 1 is 1.62 bits per heavy atom. The smallest absolute Gasteiger partial charge is 0.252 e. The second-order valence-corrected chi connectivity index (χ2v) is 2.76. The van der Waals surface area contributed by atoms with Crippen LogP contribution in [-0.2, 0) is 4.79 Å². The van der Waals surface area contributed by atoms with Crippen LogP contribution in [0.5, 0.6) is 0 Å². The Morgan fingerprint density at radius 2 is 2.31 bits per heavy atom. The van der Waals surface area contributed by atoms with Crippen LogP contribution in [0.25, 0.3) is 0 Å². The zero-order valence-corrected chi connectivity index (χ0v) is 7.32. The van der Waals surface area contributed by atoms with Gasteiger partial charge in [-0.25, -0.2) is 0 Å². The van der Waals surface area contributed by atoms with E-state index in [2.05, 4.69) is 0 Å². The Hall–Kier alpha value is -1.42. The third-order valence-corrected chi connectivity index (χ3v) is 1.74. The van der Waals surface area contributed by atoms with Crippen molar-refractivity contribution in [1.82, 2.24) is 0 Å². The van der Waals surface area contributed by atoms with E-state index in [0.717, 1.165) is 0 Å². The van der Waals surface area contributed by atoms with Crippen molar-refractivity contribution in [3.05, 3.63) is 45.7 Å². The van der Waals surface area contributed by atoms with Crippen LogP contribution >= 0.6 is 11.6 Å². The maximum absolute atomic E-state index is 10.7. The Bertz CT molecular complexity index is 341. The third kappa shape index (κ3) is 2.52. The molecular formula is C8H6ClNO3. The lowest BCUT2D eigenvalue weighted by molar-refractivity contribution is -0.426. The third-order valence-electron chi connectivity index (χ3n) is 1.52. The average Bonchev–Trinajstić information content (AvgIpc) is 2.28. The molecule has 0 fully saturated rings. The molecule has 1 rings (SSSR count). The summed E-state index contributed by atoms with van der Waals surface area (Å²) in [4.78, 5) is 20.6. The molecule has 0 atom stereocenters. The van der Waals surface area contributed by atoms with E-state index in [9.17, 15) is 14.9 Å². The van der Waals surface area contributed by atoms with Crippen molar-refractivity contribution in [1.29, 1.82) is 0 Å². The molecule has 1 aliphatic carbocycles. The predicted octanol–water partition coefficient (Wildman–Crippen LogP) is 1.80. The molecule has 5 heteroatoms. The number of rotatable bonds is 2. The number of carbonyl (C=O) groups is 1. The summed E-state index contributed by atoms with van der Waals surface area (Å²) in [6.07, 6.45) is 6.02. The number of nitro groups is 1. The molecule has 0 bridgehead atoms. The normalized spacial score (nSPS) is 15.8. The fourth-order valence-corrected chi connectivity index (χ4v) is 1.01. The van der Waals surface area contributed by atoms with Gasteiger partial charge in [-0.2, -0.15) is 0 Å². The highest BCUT2D eigenvalue weighted by atomic mass is 35.5. The number of hydrogen-bond donors (Lipinski definition) is 0. The van der Waals surface area contributed by atoms with Crippen molar-refractivity contribution in [2.24, 2.45) is 0 Å². The average molecular weight is 200 g/mol. The van der Waals surface area contributed by atoms with E-state index in [-0.39, 0.29) is 17.7 Å². The summed E-state index contributed by atoms with van der Waals surface area (Å²) >= 11 is 5.19. The first kappa shape index (κ1) is 9.67. The van der Waals surface area contributed by atoms with Crippen molar-refractivity contribution in [2.75, 3.05) is 0 Å². The van der Waals surface area contributed by atoms with Gasteiger partial charge in [-0.3, -0.25) is 14.9 Å². The van der Waals surface area contributed by atoms with Crippen molar-refractivity contribution < 1.29 is 9.72 Å². The highest BCUT2D eigenvalue weighted by Gasteiger charge is 2.14. The Kier molecular flexibility index (Phi) is 2.97. The fraction of sp³-hybridized carbons (Fsp3) is 0.125.